The highest BCUT2D eigenvalue weighted by molar-refractivity contribution is 6.35. The second-order valence-electron chi connectivity index (χ2n) is 13.8. The first-order valence-corrected chi connectivity index (χ1v) is 18.4. The molecule has 2 aromatic carbocycles. The van der Waals surface area contributed by atoms with Crippen molar-refractivity contribution < 1.29 is 19.1 Å². The number of nitrogens with one attached hydrogen (secondary N) is 2. The number of piperidine rings is 2. The van der Waals surface area contributed by atoms with Gasteiger partial charge in [0.25, 0.3) is 5.91 Å². The van der Waals surface area contributed by atoms with Gasteiger partial charge in [-0.3, -0.25) is 9.89 Å². The average molecular weight is 692 g/mol. The molecule has 0 radical (unpaired) electrons. The number of carbonyl (C=O) groups is 3. The van der Waals surface area contributed by atoms with Crippen LogP contribution in [0.25, 0.3) is 10.9 Å². The number of rotatable bonds is 11. The number of H-pyrrole nitrogens is 1. The third-order valence-corrected chi connectivity index (χ3v) is 10.9. The second kappa shape index (κ2) is 16.3. The Morgan fingerprint density at radius 1 is 1.02 bits per heavy atom. The molecule has 2 N–H and O–H groups in total. The molecule has 0 bridgehead atoms. The van der Waals surface area contributed by atoms with Gasteiger partial charge in [0.2, 0.25) is 0 Å². The summed E-state index contributed by atoms with van der Waals surface area (Å²) in [7, 11) is 2.19. The van der Waals surface area contributed by atoms with Crippen LogP contribution in [-0.2, 0) is 22.4 Å². The Labute approximate surface area is 294 Å². The van der Waals surface area contributed by atoms with Crippen LogP contribution >= 0.6 is 11.6 Å². The Hall–Kier alpha value is -3.83. The van der Waals surface area contributed by atoms with Crippen molar-refractivity contribution in [2.75, 3.05) is 51.6 Å². The number of fused-ring (bicyclic) bond motifs is 2. The zero-order valence-corrected chi connectivity index (χ0v) is 29.6. The van der Waals surface area contributed by atoms with Crippen molar-refractivity contribution in [3.8, 4) is 0 Å². The molecule has 3 aromatic rings. The summed E-state index contributed by atoms with van der Waals surface area (Å²) in [5.41, 5.74) is 3.52. The molecular weight excluding hydrogens is 642 g/mol. The molecule has 6 rings (SSSR count). The number of urea groups is 1. The number of aromatic amines is 1. The highest BCUT2D eigenvalue weighted by Crippen LogP contribution is 2.27. The van der Waals surface area contributed by atoms with E-state index in [9.17, 15) is 14.4 Å². The maximum atomic E-state index is 14.1. The number of halogens is 1. The number of ether oxygens (including phenoxy) is 1. The number of carbonyl (C=O) groups excluding carboxylic acids is 3. The Morgan fingerprint density at radius 2 is 1.78 bits per heavy atom. The Balaban J connectivity index is 1.08. The number of nitrogens with zero attached hydrogens (tertiary/aromatic N) is 5. The molecule has 4 heterocycles. The molecule has 0 aliphatic carbocycles. The fourth-order valence-electron chi connectivity index (χ4n) is 7.58. The van der Waals surface area contributed by atoms with Crippen LogP contribution in [-0.4, -0.2) is 112 Å². The van der Waals surface area contributed by atoms with Crippen LogP contribution in [0.2, 0.25) is 5.02 Å². The predicted molar refractivity (Wildman–Crippen MR) is 192 cm³/mol. The standard InChI is InChI=1S/C37H50ClN7O4/c1-3-4-5-8-16-42(2)29-12-17-43(18-13-29)35(46)33(24-26-22-28-25-39-41-34(28)31(38)23-26)49-37(48)44-19-14-30(15-20-44)45-21-11-27-9-6-7-10-32(27)40-36(45)47/h6-7,9-10,22-23,25,29-30,33H,3-5,8,11-21,24H2,1-2H3,(H,39,41)(H,40,47)/t33-/m1/s1. The van der Waals surface area contributed by atoms with Crippen molar-refractivity contribution in [1.29, 1.82) is 0 Å². The Bertz CT molecular complexity index is 1600. The topological polar surface area (TPSA) is 114 Å². The molecule has 0 spiro atoms. The van der Waals surface area contributed by atoms with Gasteiger partial charge < -0.3 is 29.7 Å². The summed E-state index contributed by atoms with van der Waals surface area (Å²) in [6.07, 6.45) is 9.23. The molecule has 4 amide bonds. The van der Waals surface area contributed by atoms with Crippen LogP contribution in [0.1, 0.15) is 69.4 Å². The lowest BCUT2D eigenvalue weighted by Gasteiger charge is -2.39. The maximum absolute atomic E-state index is 14.1. The molecule has 3 aliphatic heterocycles. The van der Waals surface area contributed by atoms with Gasteiger partial charge in [0, 0.05) is 62.3 Å². The first-order chi connectivity index (χ1) is 23.8. The van der Waals surface area contributed by atoms with E-state index in [1.807, 2.05) is 46.2 Å². The Morgan fingerprint density at radius 3 is 2.55 bits per heavy atom. The molecule has 0 unspecified atom stereocenters. The molecule has 1 atom stereocenters. The van der Waals surface area contributed by atoms with Gasteiger partial charge in [-0.15, -0.1) is 0 Å². The van der Waals surface area contributed by atoms with Crippen molar-refractivity contribution in [3.05, 3.63) is 58.7 Å². The second-order valence-corrected chi connectivity index (χ2v) is 14.2. The number of amides is 4. The lowest BCUT2D eigenvalue weighted by atomic mass is 10.0. The summed E-state index contributed by atoms with van der Waals surface area (Å²) in [6, 6.07) is 12.0. The van der Waals surface area contributed by atoms with Crippen molar-refractivity contribution in [2.45, 2.75) is 89.3 Å². The first-order valence-electron chi connectivity index (χ1n) is 18.0. The molecule has 264 valence electrons. The van der Waals surface area contributed by atoms with E-state index in [0.717, 1.165) is 53.5 Å². The number of aromatic nitrogens is 2. The minimum absolute atomic E-state index is 0.0192. The number of likely N-dealkylation sites (tertiary alicyclic amines) is 2. The van der Waals surface area contributed by atoms with E-state index in [1.165, 1.54) is 25.7 Å². The normalized spacial score (nSPS) is 18.4. The summed E-state index contributed by atoms with van der Waals surface area (Å²) >= 11 is 6.55. The minimum atomic E-state index is -0.983. The van der Waals surface area contributed by atoms with Crippen LogP contribution in [0.5, 0.6) is 0 Å². The van der Waals surface area contributed by atoms with Gasteiger partial charge in [-0.1, -0.05) is 56.0 Å². The van der Waals surface area contributed by atoms with E-state index in [0.29, 0.717) is 56.6 Å². The van der Waals surface area contributed by atoms with E-state index >= 15 is 0 Å². The molecule has 3 aliphatic rings. The summed E-state index contributed by atoms with van der Waals surface area (Å²) in [6.45, 7) is 6.09. The molecule has 12 heteroatoms. The van der Waals surface area contributed by atoms with Crippen LogP contribution < -0.4 is 5.32 Å². The van der Waals surface area contributed by atoms with Crippen molar-refractivity contribution >= 4 is 46.2 Å². The van der Waals surface area contributed by atoms with Gasteiger partial charge in [0.1, 0.15) is 0 Å². The number of para-hydroxylation sites is 1. The van der Waals surface area contributed by atoms with E-state index in [1.54, 1.807) is 11.1 Å². The molecule has 11 nitrogen and oxygen atoms in total. The smallest absolute Gasteiger partial charge is 0.410 e. The summed E-state index contributed by atoms with van der Waals surface area (Å²) in [5.74, 6) is -0.170. The number of anilines is 1. The quantitative estimate of drug-likeness (QED) is 0.228. The lowest BCUT2D eigenvalue weighted by Crippen LogP contribution is -2.52. The van der Waals surface area contributed by atoms with Crippen LogP contribution in [0, 0.1) is 0 Å². The molecule has 2 saturated heterocycles. The third-order valence-electron chi connectivity index (χ3n) is 10.6. The molecule has 49 heavy (non-hydrogen) atoms. The zero-order chi connectivity index (χ0) is 34.3. The number of hydrogen-bond acceptors (Lipinski definition) is 6. The van der Waals surface area contributed by atoms with Gasteiger partial charge in [-0.25, -0.2) is 9.59 Å². The van der Waals surface area contributed by atoms with Crippen LogP contribution in [0.4, 0.5) is 15.3 Å². The van der Waals surface area contributed by atoms with E-state index in [2.05, 4.69) is 34.4 Å². The molecule has 0 saturated carbocycles. The lowest BCUT2D eigenvalue weighted by molar-refractivity contribution is -0.142. The summed E-state index contributed by atoms with van der Waals surface area (Å²) in [4.78, 5) is 48.7. The fourth-order valence-corrected chi connectivity index (χ4v) is 7.87. The van der Waals surface area contributed by atoms with Crippen molar-refractivity contribution in [3.63, 3.8) is 0 Å². The SMILES string of the molecule is CCCCCCN(C)C1CCN(C(=O)[C@@H](Cc2cc(Cl)c3[nH]ncc3c2)OC(=O)N2CCC(N3CCc4ccccc4NC3=O)CC2)CC1. The van der Waals surface area contributed by atoms with Gasteiger partial charge in [-0.05, 0) is 81.4 Å². The van der Waals surface area contributed by atoms with Gasteiger partial charge in [0.05, 0.1) is 16.7 Å². The molecule has 2 fully saturated rings. The van der Waals surface area contributed by atoms with E-state index in [-0.39, 0.29) is 24.4 Å². The highest BCUT2D eigenvalue weighted by atomic mass is 35.5. The van der Waals surface area contributed by atoms with E-state index in [4.69, 9.17) is 16.3 Å². The Kier molecular flexibility index (Phi) is 11.6. The first kappa shape index (κ1) is 35.0. The molecular formula is C37H50ClN7O4. The number of hydrogen-bond donors (Lipinski definition) is 2. The average Bonchev–Trinajstić information content (AvgIpc) is 3.53. The van der Waals surface area contributed by atoms with Crippen molar-refractivity contribution in [1.82, 2.24) is 29.8 Å². The predicted octanol–water partition coefficient (Wildman–Crippen LogP) is 6.32. The monoisotopic (exact) mass is 691 g/mol. The van der Waals surface area contributed by atoms with Gasteiger partial charge in [-0.2, -0.15) is 5.10 Å². The van der Waals surface area contributed by atoms with Gasteiger partial charge >= 0.3 is 12.1 Å². The third kappa shape index (κ3) is 8.49. The fraction of sp³-hybridized carbons (Fsp3) is 0.568. The highest BCUT2D eigenvalue weighted by Gasteiger charge is 2.36. The van der Waals surface area contributed by atoms with Gasteiger partial charge in [0.15, 0.2) is 6.10 Å². The van der Waals surface area contributed by atoms with Crippen LogP contribution in [0.3, 0.4) is 0 Å². The maximum Gasteiger partial charge on any atom is 0.410 e. The summed E-state index contributed by atoms with van der Waals surface area (Å²) < 4.78 is 6.08. The minimum Gasteiger partial charge on any atom is -0.436 e. The number of benzene rings is 2. The molecule has 1 aromatic heterocycles. The number of unbranched alkanes of at least 4 members (excludes halogenated alkanes) is 3. The van der Waals surface area contributed by atoms with Crippen LogP contribution in [0.15, 0.2) is 42.6 Å². The van der Waals surface area contributed by atoms with Crippen molar-refractivity contribution in [2.24, 2.45) is 0 Å². The zero-order valence-electron chi connectivity index (χ0n) is 28.8. The van der Waals surface area contributed by atoms with E-state index < -0.39 is 12.2 Å². The summed E-state index contributed by atoms with van der Waals surface area (Å²) in [5, 5.41) is 11.4. The largest absolute Gasteiger partial charge is 0.436 e.